The van der Waals surface area contributed by atoms with Gasteiger partial charge in [0.1, 0.15) is 29.9 Å². The third-order valence-corrected chi connectivity index (χ3v) is 7.32. The number of nitrogens with one attached hydrogen (secondary N) is 1. The van der Waals surface area contributed by atoms with E-state index in [2.05, 4.69) is 24.7 Å². The molecule has 1 aliphatic carbocycles. The monoisotopic (exact) mass is 640 g/mol. The number of carbonyl (C=O) groups excluding carboxylic acids is 2. The molecule has 4 atom stereocenters. The summed E-state index contributed by atoms with van der Waals surface area (Å²) >= 11 is 0.950. The van der Waals surface area contributed by atoms with E-state index < -0.39 is 58.2 Å². The number of hydrogen-bond acceptors (Lipinski definition) is 14. The molecule has 2 fully saturated rings. The summed E-state index contributed by atoms with van der Waals surface area (Å²) in [5.41, 5.74) is 16.0. The minimum absolute atomic E-state index is 0.00162. The first-order valence-electron chi connectivity index (χ1n) is 12.4. The number of nitrogen functional groups attached to an aromatic ring is 1. The zero-order valence-corrected chi connectivity index (χ0v) is 24.2. The van der Waals surface area contributed by atoms with Gasteiger partial charge in [-0.3, -0.25) is 19.1 Å². The highest BCUT2D eigenvalue weighted by Crippen LogP contribution is 2.33. The van der Waals surface area contributed by atoms with Crippen LogP contribution >= 0.6 is 11.3 Å². The predicted octanol–water partition coefficient (Wildman–Crippen LogP) is -1.38. The van der Waals surface area contributed by atoms with Crippen LogP contribution in [0.5, 0.6) is 5.75 Å². The molecule has 0 unspecified atom stereocenters. The Bertz CT molecular complexity index is 1570. The van der Waals surface area contributed by atoms with Gasteiger partial charge in [0, 0.05) is 17.0 Å². The van der Waals surface area contributed by atoms with Crippen molar-refractivity contribution in [1.29, 1.82) is 0 Å². The van der Waals surface area contributed by atoms with Crippen LogP contribution in [0.15, 0.2) is 39.8 Å². The van der Waals surface area contributed by atoms with Crippen molar-refractivity contribution >= 4 is 56.2 Å². The Morgan fingerprint density at radius 3 is 2.47 bits per heavy atom. The molecular formula is C23H28N8O10S2. The van der Waals surface area contributed by atoms with Crippen LogP contribution in [0, 0.1) is 0 Å². The van der Waals surface area contributed by atoms with E-state index in [0.29, 0.717) is 16.5 Å². The SMILES string of the molecule is CC1(C)[C@H](NC(=O)/C(=N\O[C@@H](COc2ccc(C(N)=N[C@@H]3C[C@H]3N)cc2)C(=O)O)c2csc(N)n2)C(=O)N1OS(=O)(=O)O. The molecule has 9 N–H and O–H groups in total. The van der Waals surface area contributed by atoms with Gasteiger partial charge in [-0.25, -0.2) is 9.78 Å². The van der Waals surface area contributed by atoms with Crippen LogP contribution in [-0.4, -0.2) is 93.8 Å². The van der Waals surface area contributed by atoms with Crippen molar-refractivity contribution in [3.8, 4) is 5.75 Å². The van der Waals surface area contributed by atoms with Gasteiger partial charge in [0.15, 0.2) is 10.8 Å². The van der Waals surface area contributed by atoms with Crippen molar-refractivity contribution in [3.63, 3.8) is 0 Å². The van der Waals surface area contributed by atoms with Crippen molar-refractivity contribution in [1.82, 2.24) is 15.4 Å². The zero-order valence-electron chi connectivity index (χ0n) is 22.6. The number of aliphatic imine (C=N–C) groups is 1. The molecule has 1 aliphatic heterocycles. The number of carbonyl (C=O) groups is 3. The lowest BCUT2D eigenvalue weighted by Crippen LogP contribution is -2.76. The lowest BCUT2D eigenvalue weighted by atomic mass is 9.84. The number of benzene rings is 1. The molecule has 2 aromatic rings. The molecule has 1 saturated carbocycles. The Labute approximate surface area is 248 Å². The van der Waals surface area contributed by atoms with Gasteiger partial charge in [-0.15, -0.1) is 15.6 Å². The number of anilines is 1. The number of carboxylic acids is 1. The summed E-state index contributed by atoms with van der Waals surface area (Å²) in [6.45, 7) is 2.18. The first kappa shape index (κ1) is 31.6. The van der Waals surface area contributed by atoms with E-state index in [-0.39, 0.29) is 28.7 Å². The number of hydroxylamine groups is 2. The smallest absolute Gasteiger partial charge is 0.418 e. The van der Waals surface area contributed by atoms with Crippen molar-refractivity contribution in [2.75, 3.05) is 12.3 Å². The molecule has 0 bridgehead atoms. The van der Waals surface area contributed by atoms with Crippen LogP contribution in [0.4, 0.5) is 5.13 Å². The number of rotatable bonds is 13. The van der Waals surface area contributed by atoms with Gasteiger partial charge in [-0.05, 0) is 44.5 Å². The minimum Gasteiger partial charge on any atom is -0.489 e. The molecule has 2 heterocycles. The largest absolute Gasteiger partial charge is 0.489 e. The number of amides is 2. The van der Waals surface area contributed by atoms with Crippen molar-refractivity contribution in [2.45, 2.75) is 50.0 Å². The van der Waals surface area contributed by atoms with E-state index >= 15 is 0 Å². The summed E-state index contributed by atoms with van der Waals surface area (Å²) in [5, 5.41) is 17.4. The second kappa shape index (κ2) is 12.1. The molecule has 0 spiro atoms. The highest BCUT2D eigenvalue weighted by atomic mass is 32.3. The number of oxime groups is 1. The van der Waals surface area contributed by atoms with E-state index in [4.69, 9.17) is 31.3 Å². The van der Waals surface area contributed by atoms with Crippen LogP contribution in [0.1, 0.15) is 31.5 Å². The Kier molecular flexibility index (Phi) is 8.87. The highest BCUT2D eigenvalue weighted by molar-refractivity contribution is 7.80. The summed E-state index contributed by atoms with van der Waals surface area (Å²) in [4.78, 5) is 50.8. The molecule has 18 nitrogen and oxygen atoms in total. The fourth-order valence-electron chi connectivity index (χ4n) is 3.78. The summed E-state index contributed by atoms with van der Waals surface area (Å²) in [6.07, 6.45) is -0.927. The molecule has 1 aromatic carbocycles. The molecule has 1 saturated heterocycles. The third-order valence-electron chi connectivity index (χ3n) is 6.31. The second-order valence-corrected chi connectivity index (χ2v) is 11.8. The van der Waals surface area contributed by atoms with Gasteiger partial charge in [0.05, 0.1) is 11.6 Å². The van der Waals surface area contributed by atoms with Crippen molar-refractivity contribution in [2.24, 2.45) is 21.6 Å². The van der Waals surface area contributed by atoms with Gasteiger partial charge >= 0.3 is 16.4 Å². The standard InChI is InChI=1S/C23H28N8O10S2/c1-23(2)17(20(33)31(23)41-43(36,37)38)29-19(32)16(14-9-42-22(26)28-14)30-40-15(21(34)35)8-39-11-5-3-10(4-6-11)18(25)27-13-7-12(13)24/h3-6,9,12-13,15,17H,7-8,24H2,1-2H3,(H2,25,27)(H2,26,28)(H,29,32)(H,34,35)(H,36,37,38)/b30-16-/t12-,13-,15+,17-/m1/s1. The average molecular weight is 641 g/mol. The lowest BCUT2D eigenvalue weighted by Gasteiger charge is -2.50. The predicted molar refractivity (Wildman–Crippen MR) is 150 cm³/mol. The van der Waals surface area contributed by atoms with E-state index in [1.807, 2.05) is 0 Å². The molecule has 232 valence electrons. The van der Waals surface area contributed by atoms with Crippen LogP contribution in [0.25, 0.3) is 0 Å². The third kappa shape index (κ3) is 7.53. The summed E-state index contributed by atoms with van der Waals surface area (Å²) in [6, 6.07) is 5.04. The Morgan fingerprint density at radius 1 is 1.30 bits per heavy atom. The number of hydrogen-bond donors (Lipinski definition) is 6. The molecule has 2 amide bonds. The van der Waals surface area contributed by atoms with Gasteiger partial charge in [0.25, 0.3) is 17.9 Å². The maximum atomic E-state index is 13.1. The maximum absolute atomic E-state index is 13.1. The fourth-order valence-corrected chi connectivity index (χ4v) is 4.78. The number of β-lactam (4-membered cyclic amide) rings is 1. The van der Waals surface area contributed by atoms with Crippen molar-refractivity contribution < 1.29 is 46.3 Å². The van der Waals surface area contributed by atoms with Gasteiger partial charge in [-0.1, -0.05) is 5.16 Å². The summed E-state index contributed by atoms with van der Waals surface area (Å²) in [5.74, 6) is -2.91. The first-order chi connectivity index (χ1) is 20.1. The summed E-state index contributed by atoms with van der Waals surface area (Å²) in [7, 11) is -5.02. The molecular weight excluding hydrogens is 612 g/mol. The topological polar surface area (TPSA) is 284 Å². The number of nitrogens with two attached hydrogens (primary N) is 3. The van der Waals surface area contributed by atoms with E-state index in [1.165, 1.54) is 19.2 Å². The molecule has 2 aliphatic rings. The average Bonchev–Trinajstić information content (AvgIpc) is 3.45. The van der Waals surface area contributed by atoms with Crippen molar-refractivity contribution in [3.05, 3.63) is 40.9 Å². The molecule has 0 radical (unpaired) electrons. The first-order valence-corrected chi connectivity index (χ1v) is 14.6. The van der Waals surface area contributed by atoms with E-state index in [1.54, 1.807) is 24.3 Å². The number of ether oxygens (including phenoxy) is 1. The number of amidine groups is 1. The van der Waals surface area contributed by atoms with Crippen LogP contribution < -0.4 is 27.3 Å². The van der Waals surface area contributed by atoms with Crippen LogP contribution in [0.2, 0.25) is 0 Å². The molecule has 20 heteroatoms. The van der Waals surface area contributed by atoms with Gasteiger partial charge < -0.3 is 37.2 Å². The van der Waals surface area contributed by atoms with Gasteiger partial charge in [-0.2, -0.15) is 13.5 Å². The van der Waals surface area contributed by atoms with Crippen LogP contribution in [0.3, 0.4) is 0 Å². The Balaban J connectivity index is 1.44. The Hall–Kier alpha value is -4.37. The summed E-state index contributed by atoms with van der Waals surface area (Å²) < 4.78 is 40.8. The van der Waals surface area contributed by atoms with Gasteiger partial charge in [0.2, 0.25) is 0 Å². The van der Waals surface area contributed by atoms with E-state index in [0.717, 1.165) is 17.8 Å². The quantitative estimate of drug-likeness (QED) is 0.0484. The number of nitrogens with zero attached hydrogens (tertiary/aromatic N) is 4. The fraction of sp³-hybridized carbons (Fsp3) is 0.391. The lowest BCUT2D eigenvalue weighted by molar-refractivity contribution is -0.218. The minimum atomic E-state index is -5.02. The number of aromatic nitrogens is 1. The Morgan fingerprint density at radius 2 is 1.95 bits per heavy atom. The number of carboxylic acid groups (broad SMARTS) is 1. The highest BCUT2D eigenvalue weighted by Gasteiger charge is 2.58. The second-order valence-electron chi connectivity index (χ2n) is 9.95. The number of aliphatic carboxylic acids is 1. The number of thiazole rings is 1. The zero-order chi connectivity index (χ0) is 31.7. The maximum Gasteiger partial charge on any atom is 0.418 e. The molecule has 43 heavy (non-hydrogen) atoms. The molecule has 4 rings (SSSR count). The normalized spacial score (nSPS) is 22.4. The van der Waals surface area contributed by atoms with Crippen LogP contribution in [-0.2, 0) is 33.9 Å². The van der Waals surface area contributed by atoms with E-state index in [9.17, 15) is 27.9 Å². The molecule has 1 aromatic heterocycles.